The highest BCUT2D eigenvalue weighted by atomic mass is 32.2. The zero-order valence-electron chi connectivity index (χ0n) is 12.7. The first kappa shape index (κ1) is 16.9. The molecule has 0 aromatic heterocycles. The SMILES string of the molecule is CC1NC(=O)C(C(C)C)N(CCS(=O)(=O)C(C)C)C1=O. The van der Waals surface area contributed by atoms with Gasteiger partial charge in [0.1, 0.15) is 12.1 Å². The second kappa shape index (κ2) is 6.11. The predicted molar refractivity (Wildman–Crippen MR) is 76.9 cm³/mol. The Kier molecular flexibility index (Phi) is 5.18. The smallest absolute Gasteiger partial charge is 0.245 e. The number of nitrogens with one attached hydrogen (secondary N) is 1. The molecule has 0 radical (unpaired) electrons. The first-order valence-corrected chi connectivity index (χ1v) is 8.62. The molecule has 1 fully saturated rings. The molecule has 2 amide bonds. The highest BCUT2D eigenvalue weighted by Gasteiger charge is 2.40. The van der Waals surface area contributed by atoms with Crippen LogP contribution in [-0.4, -0.2) is 54.8 Å². The van der Waals surface area contributed by atoms with Crippen LogP contribution in [0.25, 0.3) is 0 Å². The number of amides is 2. The van der Waals surface area contributed by atoms with E-state index in [4.69, 9.17) is 0 Å². The minimum atomic E-state index is -3.23. The van der Waals surface area contributed by atoms with Gasteiger partial charge in [0.15, 0.2) is 9.84 Å². The van der Waals surface area contributed by atoms with Crippen molar-refractivity contribution in [3.63, 3.8) is 0 Å². The summed E-state index contributed by atoms with van der Waals surface area (Å²) < 4.78 is 23.8. The van der Waals surface area contributed by atoms with Crippen molar-refractivity contribution in [2.24, 2.45) is 5.92 Å². The number of rotatable bonds is 5. The number of piperazine rings is 1. The zero-order chi connectivity index (χ0) is 15.7. The summed E-state index contributed by atoms with van der Waals surface area (Å²) >= 11 is 0. The lowest BCUT2D eigenvalue weighted by atomic mass is 9.97. The van der Waals surface area contributed by atoms with Crippen LogP contribution in [0.2, 0.25) is 0 Å². The molecule has 20 heavy (non-hydrogen) atoms. The Bertz CT molecular complexity index is 485. The van der Waals surface area contributed by atoms with E-state index in [0.29, 0.717) is 0 Å². The van der Waals surface area contributed by atoms with Crippen molar-refractivity contribution < 1.29 is 18.0 Å². The third-order valence-electron chi connectivity index (χ3n) is 3.58. The maximum atomic E-state index is 12.2. The molecule has 2 atom stereocenters. The molecule has 0 aromatic rings. The fraction of sp³-hybridized carbons (Fsp3) is 0.846. The van der Waals surface area contributed by atoms with Gasteiger partial charge < -0.3 is 10.2 Å². The summed E-state index contributed by atoms with van der Waals surface area (Å²) in [6.45, 7) is 8.60. The van der Waals surface area contributed by atoms with Crippen LogP contribution >= 0.6 is 0 Å². The van der Waals surface area contributed by atoms with E-state index in [1.165, 1.54) is 4.90 Å². The Balaban J connectivity index is 2.92. The van der Waals surface area contributed by atoms with Crippen LogP contribution in [0, 0.1) is 5.92 Å². The second-order valence-electron chi connectivity index (χ2n) is 5.87. The van der Waals surface area contributed by atoms with E-state index in [0.717, 1.165) is 0 Å². The van der Waals surface area contributed by atoms with Crippen LogP contribution < -0.4 is 5.32 Å². The summed E-state index contributed by atoms with van der Waals surface area (Å²) in [4.78, 5) is 25.6. The first-order valence-electron chi connectivity index (χ1n) is 6.90. The summed E-state index contributed by atoms with van der Waals surface area (Å²) in [6.07, 6.45) is 0. The molecule has 1 aliphatic heterocycles. The highest BCUT2D eigenvalue weighted by molar-refractivity contribution is 7.92. The van der Waals surface area contributed by atoms with Crippen molar-refractivity contribution >= 4 is 21.7 Å². The van der Waals surface area contributed by atoms with E-state index in [2.05, 4.69) is 5.32 Å². The van der Waals surface area contributed by atoms with Gasteiger partial charge in [-0.15, -0.1) is 0 Å². The lowest BCUT2D eigenvalue weighted by Gasteiger charge is -2.39. The van der Waals surface area contributed by atoms with Gasteiger partial charge in [0.25, 0.3) is 0 Å². The third kappa shape index (κ3) is 3.50. The Labute approximate surface area is 120 Å². The second-order valence-corrected chi connectivity index (χ2v) is 8.54. The Morgan fingerprint density at radius 2 is 1.75 bits per heavy atom. The highest BCUT2D eigenvalue weighted by Crippen LogP contribution is 2.18. The molecular formula is C13H24N2O4S. The van der Waals surface area contributed by atoms with E-state index in [1.807, 2.05) is 13.8 Å². The van der Waals surface area contributed by atoms with Crippen molar-refractivity contribution in [3.05, 3.63) is 0 Å². The minimum Gasteiger partial charge on any atom is -0.343 e. The third-order valence-corrected chi connectivity index (χ3v) is 5.77. The van der Waals surface area contributed by atoms with E-state index < -0.39 is 27.2 Å². The molecule has 7 heteroatoms. The summed E-state index contributed by atoms with van der Waals surface area (Å²) in [7, 11) is -3.23. The average molecular weight is 304 g/mol. The Hall–Kier alpha value is -1.11. The van der Waals surface area contributed by atoms with Gasteiger partial charge in [-0.2, -0.15) is 0 Å². The Morgan fingerprint density at radius 3 is 2.20 bits per heavy atom. The molecule has 2 unspecified atom stereocenters. The summed E-state index contributed by atoms with van der Waals surface area (Å²) in [5.41, 5.74) is 0. The van der Waals surface area contributed by atoms with Crippen LogP contribution in [0.15, 0.2) is 0 Å². The normalized spacial score (nSPS) is 24.4. The van der Waals surface area contributed by atoms with Gasteiger partial charge in [0.2, 0.25) is 11.8 Å². The number of hydrogen-bond donors (Lipinski definition) is 1. The number of nitrogens with zero attached hydrogens (tertiary/aromatic N) is 1. The monoisotopic (exact) mass is 304 g/mol. The van der Waals surface area contributed by atoms with Crippen molar-refractivity contribution in [2.45, 2.75) is 52.0 Å². The Morgan fingerprint density at radius 1 is 1.20 bits per heavy atom. The number of carbonyl (C=O) groups is 2. The minimum absolute atomic E-state index is 0.0618. The molecule has 0 spiro atoms. The molecule has 6 nitrogen and oxygen atoms in total. The van der Waals surface area contributed by atoms with E-state index in [1.54, 1.807) is 20.8 Å². The fourth-order valence-corrected chi connectivity index (χ4v) is 3.18. The van der Waals surface area contributed by atoms with Crippen LogP contribution in [0.5, 0.6) is 0 Å². The van der Waals surface area contributed by atoms with Crippen molar-refractivity contribution in [1.82, 2.24) is 10.2 Å². The van der Waals surface area contributed by atoms with Gasteiger partial charge in [-0.3, -0.25) is 9.59 Å². The maximum Gasteiger partial charge on any atom is 0.245 e. The molecule has 0 aliphatic carbocycles. The van der Waals surface area contributed by atoms with Gasteiger partial charge in [-0.25, -0.2) is 8.42 Å². The van der Waals surface area contributed by atoms with Crippen LogP contribution in [0.1, 0.15) is 34.6 Å². The maximum absolute atomic E-state index is 12.2. The topological polar surface area (TPSA) is 83.6 Å². The molecule has 0 aromatic carbocycles. The van der Waals surface area contributed by atoms with Gasteiger partial charge in [-0.05, 0) is 26.7 Å². The van der Waals surface area contributed by atoms with Gasteiger partial charge in [0, 0.05) is 6.54 Å². The summed E-state index contributed by atoms with van der Waals surface area (Å²) in [6, 6.07) is -1.19. The summed E-state index contributed by atoms with van der Waals surface area (Å²) in [5, 5.41) is 2.15. The molecule has 0 saturated carbocycles. The molecule has 1 rings (SSSR count). The molecule has 1 aliphatic rings. The lowest BCUT2D eigenvalue weighted by Crippen LogP contribution is -2.64. The van der Waals surface area contributed by atoms with Crippen molar-refractivity contribution in [2.75, 3.05) is 12.3 Å². The van der Waals surface area contributed by atoms with E-state index in [-0.39, 0.29) is 30.0 Å². The average Bonchev–Trinajstić information content (AvgIpc) is 2.30. The number of hydrogen-bond acceptors (Lipinski definition) is 4. The number of sulfone groups is 1. The number of carbonyl (C=O) groups excluding carboxylic acids is 2. The van der Waals surface area contributed by atoms with E-state index in [9.17, 15) is 18.0 Å². The first-order chi connectivity index (χ1) is 9.08. The largest absolute Gasteiger partial charge is 0.343 e. The van der Waals surface area contributed by atoms with Crippen LogP contribution in [-0.2, 0) is 19.4 Å². The van der Waals surface area contributed by atoms with Crippen LogP contribution in [0.4, 0.5) is 0 Å². The quantitative estimate of drug-likeness (QED) is 0.785. The van der Waals surface area contributed by atoms with Gasteiger partial charge in [-0.1, -0.05) is 13.8 Å². The van der Waals surface area contributed by atoms with Gasteiger partial charge in [0.05, 0.1) is 11.0 Å². The molecular weight excluding hydrogens is 280 g/mol. The standard InChI is InChI=1S/C13H24N2O4S/c1-8(2)11-12(16)14-10(5)13(17)15(11)6-7-20(18,19)9(3)4/h8-11H,6-7H2,1-5H3,(H,14,16). The zero-order valence-corrected chi connectivity index (χ0v) is 13.5. The predicted octanol–water partition coefficient (Wildman–Crippen LogP) is 0.181. The van der Waals surface area contributed by atoms with Crippen LogP contribution in [0.3, 0.4) is 0 Å². The lowest BCUT2D eigenvalue weighted by molar-refractivity contribution is -0.150. The summed E-state index contributed by atoms with van der Waals surface area (Å²) in [5.74, 6) is -0.607. The fourth-order valence-electron chi connectivity index (χ4n) is 2.26. The molecule has 1 saturated heterocycles. The molecule has 1 N–H and O–H groups in total. The van der Waals surface area contributed by atoms with Crippen molar-refractivity contribution in [3.8, 4) is 0 Å². The van der Waals surface area contributed by atoms with E-state index >= 15 is 0 Å². The molecule has 1 heterocycles. The molecule has 116 valence electrons. The van der Waals surface area contributed by atoms with Gasteiger partial charge >= 0.3 is 0 Å². The van der Waals surface area contributed by atoms with Crippen molar-refractivity contribution in [1.29, 1.82) is 0 Å². The molecule has 0 bridgehead atoms.